The number of hydrogen-bond acceptors (Lipinski definition) is 2. The standard InChI is InChI=1S/C15H19BrN2O3/c1-9-6-12(16)7-10(2)13(9)17-15(21)18-5-3-4-11(8-18)14(19)20/h6-7,11H,3-5,8H2,1-2H3,(H,17,21)(H,19,20)/t11-/m1/s1. The molecule has 0 unspecified atom stereocenters. The fourth-order valence-corrected chi connectivity index (χ4v) is 3.34. The van der Waals surface area contributed by atoms with Crippen LogP contribution in [0.15, 0.2) is 16.6 Å². The molecule has 1 aliphatic rings. The van der Waals surface area contributed by atoms with E-state index < -0.39 is 11.9 Å². The number of rotatable bonds is 2. The number of nitrogens with zero attached hydrogens (tertiary/aromatic N) is 1. The molecule has 2 N–H and O–H groups in total. The summed E-state index contributed by atoms with van der Waals surface area (Å²) in [6.07, 6.45) is 1.36. The molecule has 21 heavy (non-hydrogen) atoms. The number of urea groups is 1. The number of carboxylic acids is 1. The molecule has 0 aromatic heterocycles. The van der Waals surface area contributed by atoms with Gasteiger partial charge in [-0.25, -0.2) is 4.79 Å². The second kappa shape index (κ2) is 6.47. The number of piperidine rings is 1. The topological polar surface area (TPSA) is 69.6 Å². The quantitative estimate of drug-likeness (QED) is 0.854. The van der Waals surface area contributed by atoms with E-state index in [0.717, 1.165) is 27.7 Å². The number of aliphatic carboxylic acids is 1. The van der Waals surface area contributed by atoms with Crippen LogP contribution in [-0.2, 0) is 4.79 Å². The third-order valence-electron chi connectivity index (χ3n) is 3.79. The third kappa shape index (κ3) is 3.75. The van der Waals surface area contributed by atoms with Gasteiger partial charge in [0, 0.05) is 23.2 Å². The largest absolute Gasteiger partial charge is 0.481 e. The number of aryl methyl sites for hydroxylation is 2. The summed E-state index contributed by atoms with van der Waals surface area (Å²) in [5.74, 6) is -1.29. The van der Waals surface area contributed by atoms with Crippen LogP contribution >= 0.6 is 15.9 Å². The maximum absolute atomic E-state index is 12.3. The number of benzene rings is 1. The predicted molar refractivity (Wildman–Crippen MR) is 84.6 cm³/mol. The Morgan fingerprint density at radius 3 is 2.52 bits per heavy atom. The Kier molecular flexibility index (Phi) is 4.88. The molecule has 2 rings (SSSR count). The number of carbonyl (C=O) groups excluding carboxylic acids is 1. The van der Waals surface area contributed by atoms with E-state index in [1.54, 1.807) is 4.90 Å². The summed E-state index contributed by atoms with van der Waals surface area (Å²) in [7, 11) is 0. The van der Waals surface area contributed by atoms with Gasteiger partial charge in [0.25, 0.3) is 0 Å². The van der Waals surface area contributed by atoms with Crippen LogP contribution in [0.5, 0.6) is 0 Å². The first kappa shape index (κ1) is 15.8. The molecular formula is C15H19BrN2O3. The van der Waals surface area contributed by atoms with E-state index in [1.807, 2.05) is 26.0 Å². The van der Waals surface area contributed by atoms with Gasteiger partial charge >= 0.3 is 12.0 Å². The maximum Gasteiger partial charge on any atom is 0.321 e. The molecule has 1 aromatic carbocycles. The number of halogens is 1. The summed E-state index contributed by atoms with van der Waals surface area (Å²) >= 11 is 3.43. The molecule has 2 amide bonds. The molecule has 1 heterocycles. The van der Waals surface area contributed by atoms with Gasteiger partial charge in [0.1, 0.15) is 0 Å². The number of carbonyl (C=O) groups is 2. The molecule has 1 atom stereocenters. The van der Waals surface area contributed by atoms with Gasteiger partial charge < -0.3 is 15.3 Å². The first-order valence-electron chi connectivity index (χ1n) is 6.94. The summed E-state index contributed by atoms with van der Waals surface area (Å²) in [4.78, 5) is 25.0. The third-order valence-corrected chi connectivity index (χ3v) is 4.25. The van der Waals surface area contributed by atoms with Crippen molar-refractivity contribution >= 4 is 33.6 Å². The minimum Gasteiger partial charge on any atom is -0.481 e. The zero-order valence-electron chi connectivity index (χ0n) is 12.1. The zero-order valence-corrected chi connectivity index (χ0v) is 13.7. The smallest absolute Gasteiger partial charge is 0.321 e. The molecule has 0 bridgehead atoms. The van der Waals surface area contributed by atoms with E-state index in [4.69, 9.17) is 5.11 Å². The van der Waals surface area contributed by atoms with Crippen molar-refractivity contribution in [3.8, 4) is 0 Å². The molecular weight excluding hydrogens is 336 g/mol. The Hall–Kier alpha value is -1.56. The first-order valence-corrected chi connectivity index (χ1v) is 7.73. The number of likely N-dealkylation sites (tertiary alicyclic amines) is 1. The van der Waals surface area contributed by atoms with Crippen LogP contribution in [0.1, 0.15) is 24.0 Å². The van der Waals surface area contributed by atoms with Gasteiger partial charge in [-0.15, -0.1) is 0 Å². The molecule has 0 aliphatic carbocycles. The molecule has 6 heteroatoms. The summed E-state index contributed by atoms with van der Waals surface area (Å²) in [5, 5.41) is 12.0. The Morgan fingerprint density at radius 1 is 1.33 bits per heavy atom. The molecule has 1 fully saturated rings. The van der Waals surface area contributed by atoms with Crippen molar-refractivity contribution in [1.29, 1.82) is 0 Å². The van der Waals surface area contributed by atoms with Gasteiger partial charge in [-0.2, -0.15) is 0 Å². The van der Waals surface area contributed by atoms with Crippen LogP contribution in [-0.4, -0.2) is 35.1 Å². The first-order chi connectivity index (χ1) is 9.88. The molecule has 1 saturated heterocycles. The van der Waals surface area contributed by atoms with Gasteiger partial charge in [-0.05, 0) is 49.9 Å². The summed E-state index contributed by atoms with van der Waals surface area (Å²) in [6.45, 7) is 4.74. The molecule has 1 aliphatic heterocycles. The Balaban J connectivity index is 2.10. The lowest BCUT2D eigenvalue weighted by Crippen LogP contribution is -2.44. The van der Waals surface area contributed by atoms with E-state index in [-0.39, 0.29) is 12.6 Å². The number of nitrogens with one attached hydrogen (secondary N) is 1. The van der Waals surface area contributed by atoms with Gasteiger partial charge in [-0.3, -0.25) is 4.79 Å². The van der Waals surface area contributed by atoms with Gasteiger partial charge in [0.2, 0.25) is 0 Å². The van der Waals surface area contributed by atoms with Crippen molar-refractivity contribution in [2.24, 2.45) is 5.92 Å². The maximum atomic E-state index is 12.3. The average Bonchev–Trinajstić information content (AvgIpc) is 2.42. The normalized spacial score (nSPS) is 18.4. The van der Waals surface area contributed by atoms with Crippen molar-refractivity contribution in [2.75, 3.05) is 18.4 Å². The predicted octanol–water partition coefficient (Wildman–Crippen LogP) is 3.39. The Bertz CT molecular complexity index is 551. The monoisotopic (exact) mass is 354 g/mol. The Morgan fingerprint density at radius 2 is 1.95 bits per heavy atom. The highest BCUT2D eigenvalue weighted by molar-refractivity contribution is 9.10. The van der Waals surface area contributed by atoms with E-state index in [2.05, 4.69) is 21.2 Å². The lowest BCUT2D eigenvalue weighted by atomic mass is 9.99. The molecule has 5 nitrogen and oxygen atoms in total. The van der Waals surface area contributed by atoms with Crippen LogP contribution in [0.25, 0.3) is 0 Å². The number of hydrogen-bond donors (Lipinski definition) is 2. The van der Waals surface area contributed by atoms with Crippen molar-refractivity contribution < 1.29 is 14.7 Å². The van der Waals surface area contributed by atoms with Gasteiger partial charge in [0.15, 0.2) is 0 Å². The number of anilines is 1. The van der Waals surface area contributed by atoms with Crippen LogP contribution in [0.4, 0.5) is 10.5 Å². The summed E-state index contributed by atoms with van der Waals surface area (Å²) < 4.78 is 0.972. The van der Waals surface area contributed by atoms with Crippen molar-refractivity contribution in [3.63, 3.8) is 0 Å². The molecule has 0 spiro atoms. The van der Waals surface area contributed by atoms with Crippen LogP contribution < -0.4 is 5.32 Å². The second-order valence-corrected chi connectivity index (χ2v) is 6.38. The molecule has 0 saturated carbocycles. The fourth-order valence-electron chi connectivity index (χ4n) is 2.66. The van der Waals surface area contributed by atoms with E-state index >= 15 is 0 Å². The number of carboxylic acid groups (broad SMARTS) is 1. The molecule has 1 aromatic rings. The van der Waals surface area contributed by atoms with E-state index in [9.17, 15) is 9.59 Å². The zero-order chi connectivity index (χ0) is 15.6. The lowest BCUT2D eigenvalue weighted by Gasteiger charge is -2.31. The van der Waals surface area contributed by atoms with Gasteiger partial charge in [0.05, 0.1) is 5.92 Å². The van der Waals surface area contributed by atoms with Gasteiger partial charge in [-0.1, -0.05) is 15.9 Å². The second-order valence-electron chi connectivity index (χ2n) is 5.47. The summed E-state index contributed by atoms with van der Waals surface area (Å²) in [6, 6.07) is 3.66. The Labute approximate surface area is 132 Å². The highest BCUT2D eigenvalue weighted by Crippen LogP contribution is 2.26. The van der Waals surface area contributed by atoms with Crippen molar-refractivity contribution in [2.45, 2.75) is 26.7 Å². The molecule has 114 valence electrons. The van der Waals surface area contributed by atoms with Crippen LogP contribution in [0.2, 0.25) is 0 Å². The molecule has 0 radical (unpaired) electrons. The van der Waals surface area contributed by atoms with E-state index in [0.29, 0.717) is 13.0 Å². The highest BCUT2D eigenvalue weighted by atomic mass is 79.9. The van der Waals surface area contributed by atoms with E-state index in [1.165, 1.54) is 0 Å². The minimum atomic E-state index is -0.830. The van der Waals surface area contributed by atoms with Crippen LogP contribution in [0.3, 0.4) is 0 Å². The lowest BCUT2D eigenvalue weighted by molar-refractivity contribution is -0.143. The fraction of sp³-hybridized carbons (Fsp3) is 0.467. The number of amides is 2. The SMILES string of the molecule is Cc1cc(Br)cc(C)c1NC(=O)N1CCC[C@@H](C(=O)O)C1. The average molecular weight is 355 g/mol. The van der Waals surface area contributed by atoms with Crippen LogP contribution in [0, 0.1) is 19.8 Å². The van der Waals surface area contributed by atoms with Crippen molar-refractivity contribution in [3.05, 3.63) is 27.7 Å². The van der Waals surface area contributed by atoms with Crippen molar-refractivity contribution in [1.82, 2.24) is 4.90 Å². The highest BCUT2D eigenvalue weighted by Gasteiger charge is 2.28. The minimum absolute atomic E-state index is 0.227. The summed E-state index contributed by atoms with van der Waals surface area (Å²) in [5.41, 5.74) is 2.74.